The molecule has 43 heavy (non-hydrogen) atoms. The number of nitrogens with one attached hydrogen (secondary N) is 2. The van der Waals surface area contributed by atoms with Crippen LogP contribution in [-0.2, 0) is 14.3 Å². The van der Waals surface area contributed by atoms with Crippen LogP contribution in [0.2, 0.25) is 0 Å². The molecule has 10 heteroatoms. The van der Waals surface area contributed by atoms with Crippen LogP contribution in [0.15, 0.2) is 114 Å². The van der Waals surface area contributed by atoms with E-state index in [4.69, 9.17) is 21.1 Å². The first kappa shape index (κ1) is 29.1. The monoisotopic (exact) mass is 595 g/mol. The molecule has 0 saturated heterocycles. The van der Waals surface area contributed by atoms with Gasteiger partial charge in [0.05, 0.1) is 23.0 Å². The first-order chi connectivity index (χ1) is 20.7. The summed E-state index contributed by atoms with van der Waals surface area (Å²) in [5.74, 6) is -1.23. The molecule has 0 atom stereocenters. The van der Waals surface area contributed by atoms with E-state index in [-0.39, 0.29) is 33.6 Å². The molecule has 9 nitrogen and oxygen atoms in total. The van der Waals surface area contributed by atoms with E-state index in [1.54, 1.807) is 80.6 Å². The molecule has 4 aromatic rings. The lowest BCUT2D eigenvalue weighted by Gasteiger charge is -2.16. The number of hydrogen-bond acceptors (Lipinski definition) is 7. The van der Waals surface area contributed by atoms with Crippen molar-refractivity contribution in [1.29, 1.82) is 0 Å². The molecule has 0 spiro atoms. The molecule has 1 aliphatic heterocycles. The summed E-state index contributed by atoms with van der Waals surface area (Å²) in [5, 5.41) is 5.32. The number of para-hydroxylation sites is 2. The molecule has 0 unspecified atom stereocenters. The van der Waals surface area contributed by atoms with Crippen LogP contribution in [0, 0.1) is 0 Å². The zero-order valence-corrected chi connectivity index (χ0v) is 23.9. The molecule has 0 aromatic heterocycles. The highest BCUT2D eigenvalue weighted by molar-refractivity contribution is 6.53. The Bertz CT molecular complexity index is 1740. The van der Waals surface area contributed by atoms with Gasteiger partial charge in [-0.05, 0) is 80.6 Å². The standard InChI is InChI=1S/C33H26ClN3O6/c1-20(2)42-33(41)26-13-6-7-14-27(26)36-30(38)21-9-8-10-22(19-21)35-29-28(34)31(39)37(32(29)40)23-15-17-25(18-16-23)43-24-11-4-3-5-12-24/h3-20,35H,1-2H3,(H,36,38). The van der Waals surface area contributed by atoms with Gasteiger partial charge in [0.15, 0.2) is 0 Å². The van der Waals surface area contributed by atoms with E-state index < -0.39 is 23.7 Å². The lowest BCUT2D eigenvalue weighted by atomic mass is 10.1. The number of benzene rings is 4. The Morgan fingerprint density at radius 3 is 2.19 bits per heavy atom. The van der Waals surface area contributed by atoms with Crippen molar-refractivity contribution in [2.24, 2.45) is 0 Å². The van der Waals surface area contributed by atoms with Gasteiger partial charge in [-0.3, -0.25) is 14.4 Å². The Kier molecular flexibility index (Phi) is 8.54. The van der Waals surface area contributed by atoms with E-state index in [9.17, 15) is 19.2 Å². The Hall–Kier alpha value is -5.41. The number of ether oxygens (including phenoxy) is 2. The summed E-state index contributed by atoms with van der Waals surface area (Å²) in [6.07, 6.45) is -0.325. The number of imide groups is 1. The minimum atomic E-state index is -0.690. The van der Waals surface area contributed by atoms with E-state index >= 15 is 0 Å². The first-order valence-corrected chi connectivity index (χ1v) is 13.7. The zero-order valence-electron chi connectivity index (χ0n) is 23.2. The van der Waals surface area contributed by atoms with E-state index in [0.717, 1.165) is 4.90 Å². The molecule has 0 saturated carbocycles. The SMILES string of the molecule is CC(C)OC(=O)c1ccccc1NC(=O)c1cccc(NC2=C(Cl)C(=O)N(c3ccc(Oc4ccccc4)cc3)C2=O)c1. The molecule has 0 bridgehead atoms. The highest BCUT2D eigenvalue weighted by Crippen LogP contribution is 2.32. The Balaban J connectivity index is 1.29. The maximum absolute atomic E-state index is 13.3. The molecule has 1 heterocycles. The lowest BCUT2D eigenvalue weighted by molar-refractivity contribution is -0.120. The van der Waals surface area contributed by atoms with Crippen molar-refractivity contribution in [2.45, 2.75) is 20.0 Å². The van der Waals surface area contributed by atoms with Crippen LogP contribution in [0.1, 0.15) is 34.6 Å². The van der Waals surface area contributed by atoms with Crippen molar-refractivity contribution in [3.63, 3.8) is 0 Å². The largest absolute Gasteiger partial charge is 0.459 e. The molecule has 1 aliphatic rings. The van der Waals surface area contributed by atoms with Crippen LogP contribution in [-0.4, -0.2) is 29.8 Å². The van der Waals surface area contributed by atoms with Gasteiger partial charge in [-0.15, -0.1) is 0 Å². The number of anilines is 3. The molecule has 3 amide bonds. The molecular formula is C33H26ClN3O6. The summed E-state index contributed by atoms with van der Waals surface area (Å²) in [4.78, 5) is 52.8. The summed E-state index contributed by atoms with van der Waals surface area (Å²) in [6, 6.07) is 28.5. The summed E-state index contributed by atoms with van der Waals surface area (Å²) in [5.41, 5.74) is 1.27. The van der Waals surface area contributed by atoms with Gasteiger partial charge in [0.25, 0.3) is 17.7 Å². The number of carbonyl (C=O) groups excluding carboxylic acids is 4. The maximum Gasteiger partial charge on any atom is 0.340 e. The molecule has 0 fully saturated rings. The van der Waals surface area contributed by atoms with E-state index in [2.05, 4.69) is 10.6 Å². The van der Waals surface area contributed by atoms with Crippen molar-refractivity contribution >= 4 is 52.4 Å². The van der Waals surface area contributed by atoms with Gasteiger partial charge >= 0.3 is 5.97 Å². The fourth-order valence-corrected chi connectivity index (χ4v) is 4.47. The fourth-order valence-electron chi connectivity index (χ4n) is 4.26. The van der Waals surface area contributed by atoms with Gasteiger partial charge in [0, 0.05) is 11.3 Å². The maximum atomic E-state index is 13.3. The molecule has 4 aromatic carbocycles. The summed E-state index contributed by atoms with van der Waals surface area (Å²) < 4.78 is 11.0. The average molecular weight is 596 g/mol. The molecule has 2 N–H and O–H groups in total. The number of halogens is 1. The van der Waals surface area contributed by atoms with Gasteiger partial charge < -0.3 is 20.1 Å². The average Bonchev–Trinajstić information content (AvgIpc) is 3.21. The number of amides is 3. The van der Waals surface area contributed by atoms with Gasteiger partial charge in [-0.25, -0.2) is 9.69 Å². The van der Waals surface area contributed by atoms with Crippen molar-refractivity contribution in [1.82, 2.24) is 0 Å². The minimum absolute atomic E-state index is 0.129. The number of carbonyl (C=O) groups is 4. The van der Waals surface area contributed by atoms with Crippen LogP contribution >= 0.6 is 11.6 Å². The topological polar surface area (TPSA) is 114 Å². The van der Waals surface area contributed by atoms with Crippen molar-refractivity contribution in [3.8, 4) is 11.5 Å². The van der Waals surface area contributed by atoms with Gasteiger partial charge in [0.2, 0.25) is 0 Å². The Morgan fingerprint density at radius 2 is 1.47 bits per heavy atom. The second-order valence-electron chi connectivity index (χ2n) is 9.70. The van der Waals surface area contributed by atoms with Crippen LogP contribution in [0.25, 0.3) is 0 Å². The third kappa shape index (κ3) is 6.58. The van der Waals surface area contributed by atoms with Crippen molar-refractivity contribution < 1.29 is 28.7 Å². The number of esters is 1. The number of hydrogen-bond donors (Lipinski definition) is 2. The van der Waals surface area contributed by atoms with Gasteiger partial charge in [0.1, 0.15) is 22.2 Å². The Labute approximate surface area is 252 Å². The van der Waals surface area contributed by atoms with Crippen molar-refractivity contribution in [2.75, 3.05) is 15.5 Å². The highest BCUT2D eigenvalue weighted by atomic mass is 35.5. The molecule has 0 aliphatic carbocycles. The van der Waals surface area contributed by atoms with Crippen LogP contribution in [0.3, 0.4) is 0 Å². The highest BCUT2D eigenvalue weighted by Gasteiger charge is 2.39. The van der Waals surface area contributed by atoms with Crippen LogP contribution < -0.4 is 20.3 Å². The quantitative estimate of drug-likeness (QED) is 0.163. The smallest absolute Gasteiger partial charge is 0.340 e. The Morgan fingerprint density at radius 1 is 0.791 bits per heavy atom. The first-order valence-electron chi connectivity index (χ1n) is 13.3. The predicted molar refractivity (Wildman–Crippen MR) is 163 cm³/mol. The second kappa shape index (κ2) is 12.6. The number of rotatable bonds is 9. The zero-order chi connectivity index (χ0) is 30.5. The predicted octanol–water partition coefficient (Wildman–Crippen LogP) is 6.73. The fraction of sp³-hybridized carbons (Fsp3) is 0.0909. The molecular weight excluding hydrogens is 570 g/mol. The third-order valence-electron chi connectivity index (χ3n) is 6.23. The summed E-state index contributed by atoms with van der Waals surface area (Å²) >= 11 is 6.31. The van der Waals surface area contributed by atoms with E-state index in [1.807, 2.05) is 30.3 Å². The van der Waals surface area contributed by atoms with Crippen LogP contribution in [0.5, 0.6) is 11.5 Å². The van der Waals surface area contributed by atoms with E-state index in [1.165, 1.54) is 6.07 Å². The second-order valence-corrected chi connectivity index (χ2v) is 10.1. The van der Waals surface area contributed by atoms with E-state index in [0.29, 0.717) is 22.9 Å². The van der Waals surface area contributed by atoms with Gasteiger partial charge in [-0.1, -0.05) is 48.0 Å². The third-order valence-corrected chi connectivity index (χ3v) is 6.58. The van der Waals surface area contributed by atoms with Crippen LogP contribution in [0.4, 0.5) is 17.1 Å². The summed E-state index contributed by atoms with van der Waals surface area (Å²) in [7, 11) is 0. The molecule has 216 valence electrons. The van der Waals surface area contributed by atoms with Gasteiger partial charge in [-0.2, -0.15) is 0 Å². The number of nitrogens with zero attached hydrogens (tertiary/aromatic N) is 1. The van der Waals surface area contributed by atoms with Crippen molar-refractivity contribution in [3.05, 3.63) is 125 Å². The lowest BCUT2D eigenvalue weighted by Crippen LogP contribution is -2.32. The molecule has 5 rings (SSSR count). The normalized spacial score (nSPS) is 12.9. The summed E-state index contributed by atoms with van der Waals surface area (Å²) in [6.45, 7) is 3.47. The minimum Gasteiger partial charge on any atom is -0.459 e. The molecule has 0 radical (unpaired) electrons.